The number of aliphatic hydroxyl groups excluding tert-OH is 1. The Hall–Kier alpha value is -3.84. The summed E-state index contributed by atoms with van der Waals surface area (Å²) in [7, 11) is 1.80. The van der Waals surface area contributed by atoms with Gasteiger partial charge in [-0.25, -0.2) is 4.39 Å². The Morgan fingerprint density at radius 3 is 2.59 bits per heavy atom. The minimum Gasteiger partial charge on any atom is -0.511 e. The van der Waals surface area contributed by atoms with Gasteiger partial charge < -0.3 is 32.3 Å². The Balaban J connectivity index is 0.00000220. The van der Waals surface area contributed by atoms with Gasteiger partial charge in [-0.15, -0.1) is 0 Å². The Kier molecular flexibility index (Phi) is 14.9. The molecule has 0 fully saturated rings. The van der Waals surface area contributed by atoms with Gasteiger partial charge in [-0.1, -0.05) is 6.07 Å². The molecule has 32 heavy (non-hydrogen) atoms. The number of hydrogen-bond donors (Lipinski definition) is 6. The van der Waals surface area contributed by atoms with Gasteiger partial charge in [0.1, 0.15) is 17.6 Å². The fraction of sp³-hybridized carbons (Fsp3) is 0.318. The first kappa shape index (κ1) is 28.2. The quantitative estimate of drug-likeness (QED) is 0.0685. The molecule has 0 saturated carbocycles. The van der Waals surface area contributed by atoms with Gasteiger partial charge in [0, 0.05) is 42.8 Å². The molecule has 2 atom stereocenters. The summed E-state index contributed by atoms with van der Waals surface area (Å²) in [5, 5.41) is 37.6. The van der Waals surface area contributed by atoms with Crippen molar-refractivity contribution >= 4 is 31.2 Å². The maximum atomic E-state index is 13.2. The molecule has 172 valence electrons. The van der Waals surface area contributed by atoms with Crippen molar-refractivity contribution in [3.8, 4) is 6.07 Å². The maximum absolute atomic E-state index is 13.2. The van der Waals surface area contributed by atoms with Crippen LogP contribution in [0.3, 0.4) is 0 Å². The lowest BCUT2D eigenvalue weighted by molar-refractivity contribution is -0.109. The van der Waals surface area contributed by atoms with E-state index in [4.69, 9.17) is 16.6 Å². The van der Waals surface area contributed by atoms with Crippen molar-refractivity contribution in [2.75, 3.05) is 19.3 Å². The highest BCUT2D eigenvalue weighted by Crippen LogP contribution is 2.22. The van der Waals surface area contributed by atoms with Crippen LogP contribution in [0.15, 0.2) is 46.8 Å². The number of carbonyl (C=O) groups is 1. The van der Waals surface area contributed by atoms with E-state index in [2.05, 4.69) is 22.3 Å². The number of allylic oxidation sites excluding steroid dienone is 2. The van der Waals surface area contributed by atoms with Gasteiger partial charge in [-0.05, 0) is 56.8 Å². The summed E-state index contributed by atoms with van der Waals surface area (Å²) in [6.45, 7) is 3.48. The number of anilines is 1. The van der Waals surface area contributed by atoms with E-state index in [0.717, 1.165) is 18.0 Å². The van der Waals surface area contributed by atoms with Crippen LogP contribution in [0.5, 0.6) is 0 Å². The number of nitrogen functional groups attached to an aromatic ring is 1. The summed E-state index contributed by atoms with van der Waals surface area (Å²) >= 11 is 0. The van der Waals surface area contributed by atoms with Gasteiger partial charge in [-0.2, -0.15) is 5.26 Å². The van der Waals surface area contributed by atoms with Crippen molar-refractivity contribution in [1.82, 2.24) is 10.6 Å². The number of aliphatic imine (C=N–C) groups is 1. The highest BCUT2D eigenvalue weighted by Gasteiger charge is 2.20. The number of hydrogen-bond acceptors (Lipinski definition) is 8. The molecule has 10 heteroatoms. The summed E-state index contributed by atoms with van der Waals surface area (Å²) in [6, 6.07) is 6.23. The second-order valence-corrected chi connectivity index (χ2v) is 6.58. The van der Waals surface area contributed by atoms with E-state index in [1.807, 2.05) is 6.07 Å². The second-order valence-electron chi connectivity index (χ2n) is 6.58. The maximum Gasteiger partial charge on any atom is 0.207 e. The smallest absolute Gasteiger partial charge is 0.207 e. The van der Waals surface area contributed by atoms with E-state index < -0.39 is 5.92 Å². The number of benzene rings is 1. The molecule has 0 aliphatic carbocycles. The van der Waals surface area contributed by atoms with E-state index in [9.17, 15) is 19.6 Å². The summed E-state index contributed by atoms with van der Waals surface area (Å²) in [5.74, 6) is -0.952. The van der Waals surface area contributed by atoms with Crippen molar-refractivity contribution < 1.29 is 14.3 Å². The zero-order valence-corrected chi connectivity index (χ0v) is 18.0. The molecule has 0 spiro atoms. The van der Waals surface area contributed by atoms with Gasteiger partial charge in [0.25, 0.3) is 0 Å². The van der Waals surface area contributed by atoms with Crippen LogP contribution in [0.25, 0.3) is 0 Å². The highest BCUT2D eigenvalue weighted by atomic mass is 19.1. The molecule has 0 bridgehead atoms. The highest BCUT2D eigenvalue weighted by molar-refractivity contribution is 6.12. The fourth-order valence-corrected chi connectivity index (χ4v) is 2.82. The number of likely N-dealkylation sites (N-methyl/N-ethyl adjacent to an activating group) is 1. The topological polar surface area (TPSA) is 171 Å². The number of nitrogens with one attached hydrogen (secondary N) is 4. The number of amides is 1. The van der Waals surface area contributed by atoms with E-state index in [1.54, 1.807) is 13.1 Å². The molecule has 1 aromatic carbocycles. The number of nitrogens with two attached hydrogens (primary N) is 1. The number of nitrogens with zero attached hydrogens (tertiary/aromatic N) is 2. The lowest BCUT2D eigenvalue weighted by Gasteiger charge is -2.22. The first-order chi connectivity index (χ1) is 15.4. The molecule has 9 nitrogen and oxygen atoms in total. The van der Waals surface area contributed by atoms with E-state index >= 15 is 0 Å². The summed E-state index contributed by atoms with van der Waals surface area (Å²) < 4.78 is 13.2. The number of nitriles is 1. The molecule has 0 aliphatic heterocycles. The van der Waals surface area contributed by atoms with Crippen LogP contribution in [0, 0.1) is 33.9 Å². The number of aliphatic hydroxyl groups is 1. The molecule has 0 saturated heterocycles. The Bertz CT molecular complexity index is 856. The molecule has 1 rings (SSSR count). The van der Waals surface area contributed by atoms with Gasteiger partial charge in [-0.3, -0.25) is 9.79 Å². The molecule has 0 aliphatic rings. The van der Waals surface area contributed by atoms with Crippen molar-refractivity contribution in [2.24, 2.45) is 10.9 Å². The van der Waals surface area contributed by atoms with Crippen molar-refractivity contribution in [3.05, 3.63) is 53.2 Å². The standard InChI is InChI=1S/C20H26FN5O2.C2H4N2/c1-24-8-7-15(11-22)20(28)16(12-26-13-27)4-6-18(25-2)9-14-3-5-17(21)10-19(14)23;3-1-2-4/h3,5,7-8,10,13,16,18,25,28H,1,4,6,9,12,23H2,2H3,(H,26,27);1-4H/b8-7-,20-15-;. The van der Waals surface area contributed by atoms with Crippen molar-refractivity contribution in [2.45, 2.75) is 25.3 Å². The minimum atomic E-state index is -0.448. The van der Waals surface area contributed by atoms with Crippen molar-refractivity contribution in [3.63, 3.8) is 0 Å². The number of rotatable bonds is 13. The SMILES string of the molecule is C=N/C=C\C(C#N)=C(\O)C(CCC(Cc1ccc(F)cc1N)NC)CNC=O.N=CC=N. The summed E-state index contributed by atoms with van der Waals surface area (Å²) in [4.78, 5) is 14.2. The summed E-state index contributed by atoms with van der Waals surface area (Å²) in [5.41, 5.74) is 7.15. The van der Waals surface area contributed by atoms with Crippen LogP contribution in [0.4, 0.5) is 10.1 Å². The number of halogens is 1. The van der Waals surface area contributed by atoms with Gasteiger partial charge in [0.05, 0.1) is 5.57 Å². The predicted molar refractivity (Wildman–Crippen MR) is 126 cm³/mol. The monoisotopic (exact) mass is 443 g/mol. The molecule has 7 N–H and O–H groups in total. The second kappa shape index (κ2) is 16.9. The van der Waals surface area contributed by atoms with Crippen LogP contribution >= 0.6 is 0 Å². The first-order valence-electron chi connectivity index (χ1n) is 9.71. The third-order valence-electron chi connectivity index (χ3n) is 4.51. The largest absolute Gasteiger partial charge is 0.511 e. The fourth-order valence-electron chi connectivity index (χ4n) is 2.82. The lowest BCUT2D eigenvalue weighted by atomic mass is 9.92. The third-order valence-corrected chi connectivity index (χ3v) is 4.51. The molecular weight excluding hydrogens is 413 g/mol. The Morgan fingerprint density at radius 1 is 1.41 bits per heavy atom. The average molecular weight is 444 g/mol. The Labute approximate surface area is 187 Å². The Morgan fingerprint density at radius 2 is 2.09 bits per heavy atom. The van der Waals surface area contributed by atoms with Gasteiger partial charge in [0.15, 0.2) is 0 Å². The summed E-state index contributed by atoms with van der Waals surface area (Å²) in [6.07, 6.45) is 6.76. The van der Waals surface area contributed by atoms with E-state index in [0.29, 0.717) is 31.4 Å². The average Bonchev–Trinajstić information content (AvgIpc) is 2.80. The third kappa shape index (κ3) is 10.8. The zero-order valence-electron chi connectivity index (χ0n) is 18.0. The van der Waals surface area contributed by atoms with Crippen LogP contribution < -0.4 is 16.4 Å². The van der Waals surface area contributed by atoms with E-state index in [1.165, 1.54) is 24.4 Å². The number of carbonyl (C=O) groups excluding carboxylic acids is 1. The van der Waals surface area contributed by atoms with Gasteiger partial charge >= 0.3 is 0 Å². The first-order valence-corrected chi connectivity index (χ1v) is 9.71. The molecular formula is C22H30FN7O2. The molecule has 1 aromatic rings. The van der Waals surface area contributed by atoms with Crippen LogP contribution in [-0.4, -0.2) is 50.3 Å². The van der Waals surface area contributed by atoms with Gasteiger partial charge in [0.2, 0.25) is 6.41 Å². The molecule has 0 radical (unpaired) electrons. The van der Waals surface area contributed by atoms with Crippen LogP contribution in [0.2, 0.25) is 0 Å². The molecule has 2 unspecified atom stereocenters. The van der Waals surface area contributed by atoms with Crippen LogP contribution in [0.1, 0.15) is 18.4 Å². The zero-order chi connectivity index (χ0) is 24.4. The van der Waals surface area contributed by atoms with E-state index in [-0.39, 0.29) is 29.7 Å². The normalized spacial score (nSPS) is 12.9. The molecule has 0 heterocycles. The predicted octanol–water partition coefficient (Wildman–Crippen LogP) is 2.52. The molecule has 1 amide bonds. The van der Waals surface area contributed by atoms with Crippen molar-refractivity contribution in [1.29, 1.82) is 16.1 Å². The van der Waals surface area contributed by atoms with Crippen LogP contribution in [-0.2, 0) is 11.2 Å². The lowest BCUT2D eigenvalue weighted by Crippen LogP contribution is -2.31. The molecule has 0 aromatic heterocycles. The minimum absolute atomic E-state index is 0.00946.